The number of hydrogen-bond acceptors (Lipinski definition) is 4. The van der Waals surface area contributed by atoms with Crippen LogP contribution in [-0.2, 0) is 11.2 Å². The normalized spacial score (nSPS) is 19.3. The van der Waals surface area contributed by atoms with Gasteiger partial charge in [0, 0.05) is 36.4 Å². The van der Waals surface area contributed by atoms with Gasteiger partial charge in [-0.05, 0) is 36.6 Å². The van der Waals surface area contributed by atoms with Crippen molar-refractivity contribution in [2.75, 3.05) is 19.6 Å². The number of H-pyrrole nitrogens is 2. The summed E-state index contributed by atoms with van der Waals surface area (Å²) in [5.74, 6) is -0.357. The van der Waals surface area contributed by atoms with Crippen LogP contribution in [0.15, 0.2) is 36.7 Å². The number of likely N-dealkylation sites (tertiary alicyclic amines) is 1. The van der Waals surface area contributed by atoms with Crippen molar-refractivity contribution in [1.29, 1.82) is 0 Å². The summed E-state index contributed by atoms with van der Waals surface area (Å²) in [4.78, 5) is 29.7. The third kappa shape index (κ3) is 3.50. The van der Waals surface area contributed by atoms with Crippen molar-refractivity contribution >= 4 is 22.7 Å². The number of benzene rings is 1. The fraction of sp³-hybridized carbons (Fsp3) is 0.350. The van der Waals surface area contributed by atoms with Gasteiger partial charge in [-0.1, -0.05) is 12.1 Å². The number of β-amino-alcohol motifs (C(OH)–C–C–N with tert-alkyl or cyclic N) is 1. The van der Waals surface area contributed by atoms with E-state index in [1.165, 1.54) is 6.20 Å². The van der Waals surface area contributed by atoms with E-state index >= 15 is 0 Å². The van der Waals surface area contributed by atoms with Crippen LogP contribution in [-0.4, -0.2) is 62.2 Å². The highest BCUT2D eigenvalue weighted by molar-refractivity contribution is 5.92. The molecule has 1 aromatic carbocycles. The predicted molar refractivity (Wildman–Crippen MR) is 104 cm³/mol. The molecule has 1 atom stereocenters. The lowest BCUT2D eigenvalue weighted by Gasteiger charge is -2.23. The molecule has 8 nitrogen and oxygen atoms in total. The standard InChI is InChI=1S/C20H23N5O3/c1-13-3-2-4-15-18(13)14(10-21-15)9-17(26)25-8-6-20(28,12-25)11-22-19(27)16-5-7-23-24-16/h2-5,7,10,21,28H,6,8-9,11-12H2,1H3,(H,22,27)(H,23,24). The number of nitrogens with zero attached hydrogens (tertiary/aromatic N) is 2. The minimum absolute atomic E-state index is 0.0278. The minimum Gasteiger partial charge on any atom is -0.386 e. The van der Waals surface area contributed by atoms with Crippen molar-refractivity contribution in [3.05, 3.63) is 53.5 Å². The molecule has 4 N–H and O–H groups in total. The average Bonchev–Trinajstić information content (AvgIpc) is 3.41. The van der Waals surface area contributed by atoms with Crippen LogP contribution in [0.3, 0.4) is 0 Å². The van der Waals surface area contributed by atoms with Gasteiger partial charge in [0.15, 0.2) is 0 Å². The van der Waals surface area contributed by atoms with Crippen LogP contribution in [0.25, 0.3) is 10.9 Å². The van der Waals surface area contributed by atoms with Crippen LogP contribution >= 0.6 is 0 Å². The number of aromatic nitrogens is 3. The summed E-state index contributed by atoms with van der Waals surface area (Å²) in [5, 5.41) is 20.9. The molecule has 146 valence electrons. The van der Waals surface area contributed by atoms with Gasteiger partial charge in [-0.25, -0.2) is 0 Å². The highest BCUT2D eigenvalue weighted by Crippen LogP contribution is 2.25. The summed E-state index contributed by atoms with van der Waals surface area (Å²) < 4.78 is 0. The van der Waals surface area contributed by atoms with E-state index in [4.69, 9.17) is 0 Å². The van der Waals surface area contributed by atoms with E-state index in [1.54, 1.807) is 11.0 Å². The Hall–Kier alpha value is -3.13. The van der Waals surface area contributed by atoms with Gasteiger partial charge in [0.05, 0.1) is 13.0 Å². The number of aliphatic hydroxyl groups is 1. The number of rotatable bonds is 5. The maximum Gasteiger partial charge on any atom is 0.269 e. The Morgan fingerprint density at radius 3 is 3.00 bits per heavy atom. The van der Waals surface area contributed by atoms with Crippen molar-refractivity contribution in [2.45, 2.75) is 25.4 Å². The lowest BCUT2D eigenvalue weighted by atomic mass is 10.0. The van der Waals surface area contributed by atoms with Gasteiger partial charge in [0.25, 0.3) is 5.91 Å². The second-order valence-corrected chi connectivity index (χ2v) is 7.43. The van der Waals surface area contributed by atoms with E-state index < -0.39 is 5.60 Å². The Kier molecular flexibility index (Phi) is 4.64. The number of aromatic amines is 2. The first-order chi connectivity index (χ1) is 13.5. The monoisotopic (exact) mass is 381 g/mol. The van der Waals surface area contributed by atoms with E-state index in [-0.39, 0.29) is 31.3 Å². The summed E-state index contributed by atoms with van der Waals surface area (Å²) in [6.45, 7) is 2.79. The van der Waals surface area contributed by atoms with Crippen LogP contribution in [0.2, 0.25) is 0 Å². The Bertz CT molecular complexity index is 1010. The second-order valence-electron chi connectivity index (χ2n) is 7.43. The van der Waals surface area contributed by atoms with Gasteiger partial charge in [0.2, 0.25) is 5.91 Å². The molecule has 1 unspecified atom stereocenters. The molecule has 1 fully saturated rings. The first kappa shape index (κ1) is 18.2. The number of aryl methyl sites for hydroxylation is 1. The topological polar surface area (TPSA) is 114 Å². The quantitative estimate of drug-likeness (QED) is 0.530. The molecule has 3 heterocycles. The Morgan fingerprint density at radius 1 is 1.36 bits per heavy atom. The summed E-state index contributed by atoms with van der Waals surface area (Å²) in [6, 6.07) is 7.57. The van der Waals surface area contributed by atoms with Crippen LogP contribution in [0.4, 0.5) is 0 Å². The molecule has 0 saturated carbocycles. The molecule has 2 aromatic heterocycles. The Balaban J connectivity index is 1.37. The molecule has 4 rings (SSSR count). The van der Waals surface area contributed by atoms with Gasteiger partial charge in [0.1, 0.15) is 11.3 Å². The van der Waals surface area contributed by atoms with E-state index in [0.29, 0.717) is 18.7 Å². The molecule has 2 amide bonds. The van der Waals surface area contributed by atoms with E-state index in [9.17, 15) is 14.7 Å². The van der Waals surface area contributed by atoms with Crippen LogP contribution in [0.1, 0.15) is 28.0 Å². The van der Waals surface area contributed by atoms with E-state index in [1.807, 2.05) is 31.3 Å². The first-order valence-electron chi connectivity index (χ1n) is 9.28. The van der Waals surface area contributed by atoms with Gasteiger partial charge < -0.3 is 20.3 Å². The van der Waals surface area contributed by atoms with Crippen molar-refractivity contribution in [1.82, 2.24) is 25.4 Å². The van der Waals surface area contributed by atoms with Crippen molar-refractivity contribution < 1.29 is 14.7 Å². The summed E-state index contributed by atoms with van der Waals surface area (Å²) in [6.07, 6.45) is 4.07. The van der Waals surface area contributed by atoms with Crippen LogP contribution < -0.4 is 5.32 Å². The Labute approximate surface area is 161 Å². The molecule has 1 saturated heterocycles. The lowest BCUT2D eigenvalue weighted by Crippen LogP contribution is -2.45. The van der Waals surface area contributed by atoms with Gasteiger partial charge in [-0.15, -0.1) is 0 Å². The third-order valence-electron chi connectivity index (χ3n) is 5.35. The van der Waals surface area contributed by atoms with Gasteiger partial charge >= 0.3 is 0 Å². The Morgan fingerprint density at radius 2 is 2.21 bits per heavy atom. The summed E-state index contributed by atoms with van der Waals surface area (Å²) in [7, 11) is 0. The van der Waals surface area contributed by atoms with E-state index in [2.05, 4.69) is 20.5 Å². The molecule has 0 aliphatic carbocycles. The number of nitrogens with one attached hydrogen (secondary N) is 3. The number of fused-ring (bicyclic) bond motifs is 1. The molecular formula is C20H23N5O3. The molecule has 0 spiro atoms. The summed E-state index contributed by atoms with van der Waals surface area (Å²) in [5.41, 5.74) is 2.31. The zero-order valence-electron chi connectivity index (χ0n) is 15.7. The fourth-order valence-corrected chi connectivity index (χ4v) is 3.80. The van der Waals surface area contributed by atoms with Crippen molar-refractivity contribution in [3.8, 4) is 0 Å². The number of hydrogen-bond donors (Lipinski definition) is 4. The molecule has 28 heavy (non-hydrogen) atoms. The predicted octanol–water partition coefficient (Wildman–Crippen LogP) is 1.14. The summed E-state index contributed by atoms with van der Waals surface area (Å²) >= 11 is 0. The maximum absolute atomic E-state index is 12.8. The lowest BCUT2D eigenvalue weighted by molar-refractivity contribution is -0.130. The molecule has 0 radical (unpaired) electrons. The second kappa shape index (κ2) is 7.12. The van der Waals surface area contributed by atoms with Crippen molar-refractivity contribution in [2.24, 2.45) is 0 Å². The zero-order valence-corrected chi connectivity index (χ0v) is 15.7. The third-order valence-corrected chi connectivity index (χ3v) is 5.35. The van der Waals surface area contributed by atoms with Crippen LogP contribution in [0.5, 0.6) is 0 Å². The largest absolute Gasteiger partial charge is 0.386 e. The highest BCUT2D eigenvalue weighted by Gasteiger charge is 2.38. The highest BCUT2D eigenvalue weighted by atomic mass is 16.3. The smallest absolute Gasteiger partial charge is 0.269 e. The minimum atomic E-state index is -1.12. The molecule has 1 aliphatic heterocycles. The SMILES string of the molecule is Cc1cccc2[nH]cc(CC(=O)N3CCC(O)(CNC(=O)c4ccn[nH]4)C3)c12. The molecule has 1 aliphatic rings. The molecule has 8 heteroatoms. The zero-order chi connectivity index (χ0) is 19.7. The molecule has 3 aromatic rings. The van der Waals surface area contributed by atoms with E-state index in [0.717, 1.165) is 22.0 Å². The maximum atomic E-state index is 12.8. The first-order valence-corrected chi connectivity index (χ1v) is 9.28. The number of carbonyl (C=O) groups excluding carboxylic acids is 2. The fourth-order valence-electron chi connectivity index (χ4n) is 3.80. The number of amides is 2. The van der Waals surface area contributed by atoms with Gasteiger partial charge in [-0.3, -0.25) is 14.7 Å². The average molecular weight is 381 g/mol. The van der Waals surface area contributed by atoms with Crippen molar-refractivity contribution in [3.63, 3.8) is 0 Å². The molecule has 0 bridgehead atoms. The van der Waals surface area contributed by atoms with Gasteiger partial charge in [-0.2, -0.15) is 5.10 Å². The molecular weight excluding hydrogens is 358 g/mol. The van der Waals surface area contributed by atoms with Crippen LogP contribution in [0, 0.1) is 6.92 Å². The number of carbonyl (C=O) groups is 2.